The van der Waals surface area contributed by atoms with Crippen LogP contribution in [-0.2, 0) is 29.3 Å². The van der Waals surface area contributed by atoms with Gasteiger partial charge in [0.2, 0.25) is 5.78 Å². The van der Waals surface area contributed by atoms with Gasteiger partial charge in [-0.15, -0.1) is 0 Å². The Morgan fingerprint density at radius 2 is 1.98 bits per heavy atom. The number of carbonyl (C=O) groups is 3. The molecule has 8 atom stereocenters. The van der Waals surface area contributed by atoms with Crippen molar-refractivity contribution in [3.05, 3.63) is 63.7 Å². The summed E-state index contributed by atoms with van der Waals surface area (Å²) in [7, 11) is 0. The number of carbonyl (C=O) groups excluding carboxylic acids is 3. The van der Waals surface area contributed by atoms with E-state index < -0.39 is 62.8 Å². The fourth-order valence-electron chi connectivity index (χ4n) is 9.79. The second-order valence-electron chi connectivity index (χ2n) is 13.5. The van der Waals surface area contributed by atoms with Crippen molar-refractivity contribution in [2.24, 2.45) is 28.6 Å². The number of nitro groups is 1. The molecule has 1 aliphatic heterocycles. The van der Waals surface area contributed by atoms with Gasteiger partial charge in [-0.1, -0.05) is 36.8 Å². The van der Waals surface area contributed by atoms with Crippen LogP contribution in [0.1, 0.15) is 57.9 Å². The Bertz CT molecular complexity index is 1500. The van der Waals surface area contributed by atoms with Gasteiger partial charge < -0.3 is 14.6 Å². The molecule has 1 heterocycles. The van der Waals surface area contributed by atoms with Crippen LogP contribution in [-0.4, -0.2) is 58.2 Å². The molecule has 0 bridgehead atoms. The normalized spacial score (nSPS) is 42.2. The van der Waals surface area contributed by atoms with Crippen LogP contribution in [0.15, 0.2) is 48.1 Å². The van der Waals surface area contributed by atoms with Crippen molar-refractivity contribution in [3.8, 4) is 0 Å². The van der Waals surface area contributed by atoms with Gasteiger partial charge in [0, 0.05) is 28.4 Å². The van der Waals surface area contributed by atoms with E-state index in [1.807, 2.05) is 6.92 Å². The van der Waals surface area contributed by atoms with Gasteiger partial charge in [-0.25, -0.2) is 4.39 Å². The monoisotopic (exact) mass is 579 g/mol. The Hall–Kier alpha value is -3.24. The third kappa shape index (κ3) is 3.12. The summed E-state index contributed by atoms with van der Waals surface area (Å²) >= 11 is 0. The number of hydrogen-bond donors (Lipinski definition) is 1. The lowest BCUT2D eigenvalue weighted by atomic mass is 9.43. The number of esters is 1. The smallest absolute Gasteiger partial charge is 0.317 e. The molecule has 4 saturated carbocycles. The van der Waals surface area contributed by atoms with E-state index in [4.69, 9.17) is 9.47 Å². The van der Waals surface area contributed by atoms with Crippen molar-refractivity contribution in [1.82, 2.24) is 0 Å². The molecule has 1 aromatic rings. The summed E-state index contributed by atoms with van der Waals surface area (Å²) in [6.07, 6.45) is 5.41. The van der Waals surface area contributed by atoms with Crippen LogP contribution in [0.2, 0.25) is 0 Å². The molecule has 10 heteroatoms. The number of alkyl halides is 1. The lowest BCUT2D eigenvalue weighted by Crippen LogP contribution is -2.76. The molecule has 0 radical (unpaired) electrons. The fourth-order valence-corrected chi connectivity index (χ4v) is 9.79. The molecule has 1 saturated heterocycles. The molecule has 222 valence electrons. The maximum Gasteiger partial charge on any atom is 0.317 e. The summed E-state index contributed by atoms with van der Waals surface area (Å²) in [4.78, 5) is 50.4. The van der Waals surface area contributed by atoms with E-state index in [0.29, 0.717) is 37.7 Å². The largest absolute Gasteiger partial charge is 0.457 e. The molecule has 5 aliphatic carbocycles. The Kier molecular flexibility index (Phi) is 5.69. The highest BCUT2D eigenvalue weighted by molar-refractivity contribution is 6.01. The topological polar surface area (TPSA) is 133 Å². The zero-order valence-electron chi connectivity index (χ0n) is 23.6. The molecule has 5 fully saturated rings. The number of fused-ring (bicyclic) bond motifs is 4. The molecule has 1 unspecified atom stereocenters. The van der Waals surface area contributed by atoms with E-state index in [9.17, 15) is 29.6 Å². The number of aliphatic hydroxyl groups is 1. The summed E-state index contributed by atoms with van der Waals surface area (Å²) in [6.45, 7) is 3.31. The lowest BCUT2D eigenvalue weighted by molar-refractivity contribution is -0.385. The highest BCUT2D eigenvalue weighted by Gasteiger charge is 2.81. The summed E-state index contributed by atoms with van der Waals surface area (Å²) in [6, 6.07) is 6.08. The van der Waals surface area contributed by atoms with Gasteiger partial charge in [0.25, 0.3) is 5.69 Å². The van der Waals surface area contributed by atoms with E-state index >= 15 is 4.39 Å². The number of benzene rings is 1. The second kappa shape index (κ2) is 8.66. The summed E-state index contributed by atoms with van der Waals surface area (Å²) in [5.74, 6) is -2.35. The molecule has 0 amide bonds. The van der Waals surface area contributed by atoms with Crippen molar-refractivity contribution in [1.29, 1.82) is 0 Å². The molecule has 0 aromatic heterocycles. The SMILES string of the molecule is C[C@@H]1CC2[C@@H]3CCC4=CC(=O)C=C[C@]4(C)[C@@]3(F)[C@@H](O)C[C@@]23CO[C@]13C(=O)COC(=O)C1(c2ccccc2[N+](=O)[O-])CC1. The second-order valence-corrected chi connectivity index (χ2v) is 13.5. The number of hydrogen-bond acceptors (Lipinski definition) is 8. The van der Waals surface area contributed by atoms with Crippen molar-refractivity contribution in [2.75, 3.05) is 13.2 Å². The Balaban J connectivity index is 1.15. The van der Waals surface area contributed by atoms with E-state index in [0.717, 1.165) is 0 Å². The summed E-state index contributed by atoms with van der Waals surface area (Å²) < 4.78 is 29.1. The van der Waals surface area contributed by atoms with E-state index in [1.54, 1.807) is 25.1 Å². The van der Waals surface area contributed by atoms with Gasteiger partial charge in [0.05, 0.1) is 23.0 Å². The molecule has 1 aromatic carbocycles. The third-order valence-corrected chi connectivity index (χ3v) is 12.0. The first-order valence-corrected chi connectivity index (χ1v) is 14.8. The fraction of sp³-hybridized carbons (Fsp3) is 0.594. The van der Waals surface area contributed by atoms with E-state index in [1.165, 1.54) is 24.3 Å². The van der Waals surface area contributed by atoms with Gasteiger partial charge >= 0.3 is 5.97 Å². The number of ether oxygens (including phenoxy) is 2. The van der Waals surface area contributed by atoms with Crippen molar-refractivity contribution >= 4 is 23.2 Å². The van der Waals surface area contributed by atoms with Crippen LogP contribution < -0.4 is 0 Å². The molecular weight excluding hydrogens is 545 g/mol. The predicted molar refractivity (Wildman–Crippen MR) is 146 cm³/mol. The minimum atomic E-state index is -2.01. The number of nitro benzene ring substituents is 1. The summed E-state index contributed by atoms with van der Waals surface area (Å²) in [5, 5.41) is 23.2. The Morgan fingerprint density at radius 1 is 1.24 bits per heavy atom. The lowest BCUT2D eigenvalue weighted by Gasteiger charge is -2.67. The minimum absolute atomic E-state index is 0.0273. The average molecular weight is 580 g/mol. The Labute approximate surface area is 242 Å². The molecule has 9 nitrogen and oxygen atoms in total. The van der Waals surface area contributed by atoms with E-state index in [2.05, 4.69) is 0 Å². The van der Waals surface area contributed by atoms with Gasteiger partial charge in [0.1, 0.15) is 5.60 Å². The number of aliphatic hydroxyl groups excluding tert-OH is 1. The number of rotatable bonds is 6. The number of Topliss-reactive ketones (excluding diaryl/α,β-unsaturated/α-hetero) is 1. The maximum absolute atomic E-state index is 17.4. The number of para-hydroxylation sites is 1. The quantitative estimate of drug-likeness (QED) is 0.303. The maximum atomic E-state index is 17.4. The van der Waals surface area contributed by atoms with Crippen LogP contribution in [0, 0.1) is 38.7 Å². The van der Waals surface area contributed by atoms with Gasteiger partial charge in [-0.3, -0.25) is 24.5 Å². The predicted octanol–water partition coefficient (Wildman–Crippen LogP) is 4.10. The van der Waals surface area contributed by atoms with Gasteiger partial charge in [0.15, 0.2) is 18.1 Å². The standard InChI is InChI=1S/C32H34FNO8/c1-18-13-23-21-8-7-19-14-20(35)9-10-28(19,2)31(21,33)25(36)15-30(23)17-42-32(18,30)26(37)16-41-27(38)29(11-12-29)22-5-3-4-6-24(22)34(39)40/h3-6,9-10,14,18,21,23,25,36H,7-8,11-13,15-17H2,1-2H3/t18-,21+,23?,25+,28+,30-,31+,32+/m1/s1. The Morgan fingerprint density at radius 3 is 2.64 bits per heavy atom. The zero-order chi connectivity index (χ0) is 29.9. The van der Waals surface area contributed by atoms with Crippen LogP contribution >= 0.6 is 0 Å². The number of nitrogens with zero attached hydrogens (tertiary/aromatic N) is 1. The van der Waals surface area contributed by atoms with Gasteiger partial charge in [-0.2, -0.15) is 0 Å². The average Bonchev–Trinajstić information content (AvgIpc) is 3.73. The van der Waals surface area contributed by atoms with E-state index in [-0.39, 0.29) is 41.9 Å². The minimum Gasteiger partial charge on any atom is -0.457 e. The van der Waals surface area contributed by atoms with Crippen LogP contribution in [0.25, 0.3) is 0 Å². The summed E-state index contributed by atoms with van der Waals surface area (Å²) in [5.41, 5.74) is -5.58. The molecule has 6 aliphatic rings. The molecule has 7 rings (SSSR count). The van der Waals surface area contributed by atoms with Crippen molar-refractivity contribution in [2.45, 2.75) is 75.2 Å². The van der Waals surface area contributed by atoms with Crippen LogP contribution in [0.5, 0.6) is 0 Å². The highest BCUT2D eigenvalue weighted by atomic mass is 19.1. The first kappa shape index (κ1) is 27.6. The van der Waals surface area contributed by atoms with Crippen LogP contribution in [0.3, 0.4) is 0 Å². The first-order valence-electron chi connectivity index (χ1n) is 14.8. The third-order valence-electron chi connectivity index (χ3n) is 12.0. The highest BCUT2D eigenvalue weighted by Crippen LogP contribution is 2.74. The van der Waals surface area contributed by atoms with Gasteiger partial charge in [-0.05, 0) is 69.4 Å². The molecular formula is C32H34FNO8. The zero-order valence-corrected chi connectivity index (χ0v) is 23.6. The van der Waals surface area contributed by atoms with Crippen LogP contribution in [0.4, 0.5) is 10.1 Å². The van der Waals surface area contributed by atoms with Crippen molar-refractivity contribution < 1.29 is 38.3 Å². The molecule has 42 heavy (non-hydrogen) atoms. The number of ketones is 2. The first-order chi connectivity index (χ1) is 19.9. The van der Waals surface area contributed by atoms with Crippen molar-refractivity contribution in [3.63, 3.8) is 0 Å². The number of halogens is 1. The molecule has 1 spiro atoms. The number of allylic oxidation sites excluding steroid dienone is 4. The molecule has 1 N–H and O–H groups in total.